The predicted octanol–water partition coefficient (Wildman–Crippen LogP) is 3.50. The molecular formula is C32H29FN6O5. The van der Waals surface area contributed by atoms with Crippen molar-refractivity contribution in [1.82, 2.24) is 19.3 Å². The molecule has 5 rings (SSSR count). The number of carbonyl (C=O) groups is 3. The number of para-hydroxylation sites is 2. The van der Waals surface area contributed by atoms with E-state index in [4.69, 9.17) is 10.1 Å². The summed E-state index contributed by atoms with van der Waals surface area (Å²) in [6, 6.07) is 16.9. The molecule has 2 aromatic heterocycles. The van der Waals surface area contributed by atoms with Crippen molar-refractivity contribution in [2.75, 3.05) is 23.8 Å². The molecule has 3 aromatic carbocycles. The van der Waals surface area contributed by atoms with E-state index in [0.717, 1.165) is 6.08 Å². The lowest BCUT2D eigenvalue weighted by Gasteiger charge is -2.15. The van der Waals surface area contributed by atoms with Crippen molar-refractivity contribution >= 4 is 45.9 Å². The SMILES string of the molecule is C=CC(=O)Nc1ccc(C(=O)NCCO)cc1-c1c(CC)nc2n(CC(=O)Nc3ccc(F)cc3)c3ccccc3n2c1=O. The van der Waals surface area contributed by atoms with Crippen molar-refractivity contribution in [2.45, 2.75) is 19.9 Å². The van der Waals surface area contributed by atoms with Gasteiger partial charge in [-0.15, -0.1) is 0 Å². The quantitative estimate of drug-likeness (QED) is 0.182. The fourth-order valence-electron chi connectivity index (χ4n) is 4.96. The Morgan fingerprint density at radius 1 is 1.02 bits per heavy atom. The molecule has 11 nitrogen and oxygen atoms in total. The Balaban J connectivity index is 1.70. The Labute approximate surface area is 250 Å². The summed E-state index contributed by atoms with van der Waals surface area (Å²) in [6.45, 7) is 4.90. The Bertz CT molecular complexity index is 1980. The maximum atomic E-state index is 14.4. The highest BCUT2D eigenvalue weighted by Crippen LogP contribution is 2.31. The Hall–Kier alpha value is -5.62. The maximum Gasteiger partial charge on any atom is 0.267 e. The van der Waals surface area contributed by atoms with Gasteiger partial charge in [0.05, 0.1) is 28.9 Å². The molecule has 0 fully saturated rings. The number of aromatic nitrogens is 3. The van der Waals surface area contributed by atoms with E-state index in [1.165, 1.54) is 46.9 Å². The molecule has 12 heteroatoms. The van der Waals surface area contributed by atoms with Gasteiger partial charge in [0.2, 0.25) is 17.6 Å². The van der Waals surface area contributed by atoms with Gasteiger partial charge in [0.15, 0.2) is 0 Å². The second kappa shape index (κ2) is 12.7. The standard InChI is InChI=1S/C32H29FN6O5/c1-3-23-29(22-17-19(30(43)34-15-16-40)9-14-24(22)36-27(41)4-2)31(44)39-26-8-6-5-7-25(26)38(32(39)37-23)18-28(42)35-21-12-10-20(33)11-13-21/h4-14,17,40H,2-3,15-16,18H2,1H3,(H,34,43)(H,35,42)(H,36,41). The summed E-state index contributed by atoms with van der Waals surface area (Å²) in [5.74, 6) is -1.61. The van der Waals surface area contributed by atoms with Gasteiger partial charge in [0.1, 0.15) is 12.4 Å². The van der Waals surface area contributed by atoms with E-state index in [2.05, 4.69) is 22.5 Å². The number of rotatable bonds is 10. The van der Waals surface area contributed by atoms with Crippen LogP contribution in [0.5, 0.6) is 0 Å². The van der Waals surface area contributed by atoms with Crippen LogP contribution in [0.15, 0.2) is 84.2 Å². The van der Waals surface area contributed by atoms with Crippen LogP contribution in [0.2, 0.25) is 0 Å². The third kappa shape index (κ3) is 5.83. The molecule has 0 aliphatic rings. The summed E-state index contributed by atoms with van der Waals surface area (Å²) in [5, 5.41) is 17.2. The van der Waals surface area contributed by atoms with Gasteiger partial charge in [0.25, 0.3) is 11.5 Å². The highest BCUT2D eigenvalue weighted by Gasteiger charge is 2.24. The van der Waals surface area contributed by atoms with E-state index in [0.29, 0.717) is 28.8 Å². The van der Waals surface area contributed by atoms with Crippen molar-refractivity contribution < 1.29 is 23.9 Å². The highest BCUT2D eigenvalue weighted by molar-refractivity contribution is 6.04. The third-order valence-corrected chi connectivity index (χ3v) is 6.95. The first-order chi connectivity index (χ1) is 21.2. The lowest BCUT2D eigenvalue weighted by molar-refractivity contribution is -0.116. The van der Waals surface area contributed by atoms with Gasteiger partial charge in [-0.2, -0.15) is 0 Å². The highest BCUT2D eigenvalue weighted by atomic mass is 19.1. The number of carbonyl (C=O) groups excluding carboxylic acids is 3. The summed E-state index contributed by atoms with van der Waals surface area (Å²) in [7, 11) is 0. The molecule has 0 saturated heterocycles. The van der Waals surface area contributed by atoms with Crippen LogP contribution in [-0.2, 0) is 22.6 Å². The monoisotopic (exact) mass is 596 g/mol. The molecule has 224 valence electrons. The summed E-state index contributed by atoms with van der Waals surface area (Å²) in [4.78, 5) is 57.4. The molecule has 3 amide bonds. The molecule has 44 heavy (non-hydrogen) atoms. The second-order valence-corrected chi connectivity index (χ2v) is 9.79. The summed E-state index contributed by atoms with van der Waals surface area (Å²) < 4.78 is 16.4. The van der Waals surface area contributed by atoms with E-state index in [9.17, 15) is 23.6 Å². The molecule has 2 heterocycles. The van der Waals surface area contributed by atoms with Crippen molar-refractivity contribution in [1.29, 1.82) is 0 Å². The van der Waals surface area contributed by atoms with Gasteiger partial charge < -0.3 is 25.6 Å². The molecule has 0 aliphatic heterocycles. The Kier molecular flexibility index (Phi) is 8.63. The number of aliphatic hydroxyl groups excluding tert-OH is 1. The molecule has 0 atom stereocenters. The van der Waals surface area contributed by atoms with Gasteiger partial charge in [-0.05, 0) is 67.1 Å². The van der Waals surface area contributed by atoms with Crippen molar-refractivity contribution in [3.05, 3.63) is 107 Å². The number of benzene rings is 3. The number of anilines is 2. The van der Waals surface area contributed by atoms with Crippen LogP contribution < -0.4 is 21.5 Å². The zero-order chi connectivity index (χ0) is 31.4. The number of fused-ring (bicyclic) bond motifs is 3. The predicted molar refractivity (Wildman–Crippen MR) is 165 cm³/mol. The molecule has 0 unspecified atom stereocenters. The van der Waals surface area contributed by atoms with E-state index in [1.807, 2.05) is 6.92 Å². The van der Waals surface area contributed by atoms with Crippen molar-refractivity contribution in [2.24, 2.45) is 0 Å². The first-order valence-corrected chi connectivity index (χ1v) is 13.8. The smallest absolute Gasteiger partial charge is 0.267 e. The minimum Gasteiger partial charge on any atom is -0.395 e. The Morgan fingerprint density at radius 2 is 1.75 bits per heavy atom. The molecule has 0 spiro atoms. The summed E-state index contributed by atoms with van der Waals surface area (Å²) in [5.41, 5.74) is 2.29. The van der Waals surface area contributed by atoms with Crippen LogP contribution in [-0.4, -0.2) is 49.9 Å². The zero-order valence-electron chi connectivity index (χ0n) is 23.8. The minimum atomic E-state index is -0.514. The topological polar surface area (TPSA) is 147 Å². The first kappa shape index (κ1) is 29.9. The molecular weight excluding hydrogens is 567 g/mol. The molecule has 0 saturated carbocycles. The lowest BCUT2D eigenvalue weighted by Crippen LogP contribution is -2.27. The normalized spacial score (nSPS) is 11.0. The molecule has 5 aromatic rings. The first-order valence-electron chi connectivity index (χ1n) is 13.8. The van der Waals surface area contributed by atoms with E-state index in [1.54, 1.807) is 28.8 Å². The van der Waals surface area contributed by atoms with Gasteiger partial charge in [-0.1, -0.05) is 25.6 Å². The maximum absolute atomic E-state index is 14.4. The van der Waals surface area contributed by atoms with E-state index < -0.39 is 29.1 Å². The average Bonchev–Trinajstić information content (AvgIpc) is 3.34. The number of hydrogen-bond acceptors (Lipinski definition) is 6. The van der Waals surface area contributed by atoms with E-state index in [-0.39, 0.29) is 47.9 Å². The molecule has 0 bridgehead atoms. The van der Waals surface area contributed by atoms with Gasteiger partial charge in [-0.3, -0.25) is 19.2 Å². The number of halogens is 1. The van der Waals surface area contributed by atoms with Crippen LogP contribution in [0.1, 0.15) is 23.0 Å². The van der Waals surface area contributed by atoms with Crippen LogP contribution in [0.4, 0.5) is 15.8 Å². The van der Waals surface area contributed by atoms with Crippen LogP contribution in [0.25, 0.3) is 27.9 Å². The largest absolute Gasteiger partial charge is 0.395 e. The van der Waals surface area contributed by atoms with Gasteiger partial charge in [-0.25, -0.2) is 13.8 Å². The second-order valence-electron chi connectivity index (χ2n) is 9.79. The van der Waals surface area contributed by atoms with Crippen LogP contribution >= 0.6 is 0 Å². The fraction of sp³-hybridized carbons (Fsp3) is 0.156. The molecule has 0 aliphatic carbocycles. The van der Waals surface area contributed by atoms with Crippen LogP contribution in [0, 0.1) is 5.82 Å². The number of hydrogen-bond donors (Lipinski definition) is 4. The number of nitrogens with one attached hydrogen (secondary N) is 3. The van der Waals surface area contributed by atoms with Gasteiger partial charge in [0, 0.05) is 29.0 Å². The average molecular weight is 597 g/mol. The molecule has 0 radical (unpaired) electrons. The zero-order valence-corrected chi connectivity index (χ0v) is 23.8. The van der Waals surface area contributed by atoms with Crippen molar-refractivity contribution in [3.63, 3.8) is 0 Å². The van der Waals surface area contributed by atoms with Crippen molar-refractivity contribution in [3.8, 4) is 11.1 Å². The number of nitrogens with zero attached hydrogens (tertiary/aromatic N) is 3. The number of aliphatic hydroxyl groups is 1. The third-order valence-electron chi connectivity index (χ3n) is 6.95. The van der Waals surface area contributed by atoms with Crippen LogP contribution in [0.3, 0.4) is 0 Å². The lowest BCUT2D eigenvalue weighted by atomic mass is 9.98. The fourth-order valence-corrected chi connectivity index (χ4v) is 4.96. The summed E-state index contributed by atoms with van der Waals surface area (Å²) >= 11 is 0. The minimum absolute atomic E-state index is 0.0355. The summed E-state index contributed by atoms with van der Waals surface area (Å²) in [6.07, 6.45) is 1.39. The van der Waals surface area contributed by atoms with Gasteiger partial charge >= 0.3 is 0 Å². The number of amides is 3. The Morgan fingerprint density at radius 3 is 2.43 bits per heavy atom. The number of imidazole rings is 1. The molecule has 4 N–H and O–H groups in total. The number of aryl methyl sites for hydroxylation is 1. The van der Waals surface area contributed by atoms with E-state index >= 15 is 0 Å².